The molecule has 0 amide bonds. The van der Waals surface area contributed by atoms with Crippen molar-refractivity contribution in [2.75, 3.05) is 13.1 Å². The standard InChI is InChI=1S/C13H18N2O2/c1-4-14(9-11(2)3)10-12-5-7-13(8-6-12)15(16)17/h5-8H,2,4,9-10H2,1,3H3/p+1. The first kappa shape index (κ1) is 13.4. The Morgan fingerprint density at radius 2 is 2.00 bits per heavy atom. The van der Waals surface area contributed by atoms with Crippen molar-refractivity contribution in [1.29, 1.82) is 0 Å². The highest BCUT2D eigenvalue weighted by molar-refractivity contribution is 5.32. The third-order valence-electron chi connectivity index (χ3n) is 2.65. The molecular weight excluding hydrogens is 216 g/mol. The van der Waals surface area contributed by atoms with Gasteiger partial charge >= 0.3 is 0 Å². The van der Waals surface area contributed by atoms with Crippen LogP contribution >= 0.6 is 0 Å². The first-order valence-electron chi connectivity index (χ1n) is 5.74. The van der Waals surface area contributed by atoms with Crippen LogP contribution in [0.3, 0.4) is 0 Å². The predicted octanol–water partition coefficient (Wildman–Crippen LogP) is 1.58. The summed E-state index contributed by atoms with van der Waals surface area (Å²) in [4.78, 5) is 11.6. The van der Waals surface area contributed by atoms with Gasteiger partial charge in [0.25, 0.3) is 5.69 Å². The molecule has 0 aliphatic heterocycles. The Morgan fingerprint density at radius 3 is 2.41 bits per heavy atom. The van der Waals surface area contributed by atoms with Gasteiger partial charge in [-0.3, -0.25) is 10.1 Å². The number of rotatable bonds is 6. The zero-order chi connectivity index (χ0) is 12.8. The summed E-state index contributed by atoms with van der Waals surface area (Å²) >= 11 is 0. The fourth-order valence-electron chi connectivity index (χ4n) is 1.76. The Kier molecular flexibility index (Phi) is 4.84. The van der Waals surface area contributed by atoms with Gasteiger partial charge in [0.15, 0.2) is 0 Å². The Bertz CT molecular complexity index is 398. The molecule has 0 saturated carbocycles. The van der Waals surface area contributed by atoms with Gasteiger partial charge in [0.2, 0.25) is 0 Å². The molecule has 92 valence electrons. The average molecular weight is 235 g/mol. The van der Waals surface area contributed by atoms with Crippen molar-refractivity contribution in [1.82, 2.24) is 0 Å². The summed E-state index contributed by atoms with van der Waals surface area (Å²) in [7, 11) is 0. The summed E-state index contributed by atoms with van der Waals surface area (Å²) in [5.74, 6) is 0. The molecule has 0 bridgehead atoms. The van der Waals surface area contributed by atoms with Gasteiger partial charge in [-0.15, -0.1) is 0 Å². The number of quaternary nitrogens is 1. The summed E-state index contributed by atoms with van der Waals surface area (Å²) in [6.07, 6.45) is 0. The highest BCUT2D eigenvalue weighted by Gasteiger charge is 2.09. The Hall–Kier alpha value is -1.68. The van der Waals surface area contributed by atoms with Gasteiger partial charge in [-0.1, -0.05) is 6.58 Å². The second kappa shape index (κ2) is 6.15. The first-order valence-corrected chi connectivity index (χ1v) is 5.74. The molecule has 0 aliphatic carbocycles. The van der Waals surface area contributed by atoms with Gasteiger partial charge in [-0.25, -0.2) is 0 Å². The molecule has 0 radical (unpaired) electrons. The van der Waals surface area contributed by atoms with Gasteiger partial charge in [0, 0.05) is 17.7 Å². The molecule has 0 spiro atoms. The van der Waals surface area contributed by atoms with Crippen LogP contribution in [0.2, 0.25) is 0 Å². The topological polar surface area (TPSA) is 47.6 Å². The van der Waals surface area contributed by atoms with Crippen LogP contribution in [0.1, 0.15) is 19.4 Å². The lowest BCUT2D eigenvalue weighted by Gasteiger charge is -2.17. The third-order valence-corrected chi connectivity index (χ3v) is 2.65. The second-order valence-electron chi connectivity index (χ2n) is 4.34. The SMILES string of the molecule is C=C(C)C[NH+](CC)Cc1ccc([N+](=O)[O-])cc1. The molecule has 0 heterocycles. The predicted molar refractivity (Wildman–Crippen MR) is 68.0 cm³/mol. The Morgan fingerprint density at radius 1 is 1.41 bits per heavy atom. The summed E-state index contributed by atoms with van der Waals surface area (Å²) in [5.41, 5.74) is 2.42. The molecule has 1 atom stereocenters. The molecule has 1 aromatic carbocycles. The van der Waals surface area contributed by atoms with E-state index in [2.05, 4.69) is 13.5 Å². The molecule has 4 nitrogen and oxygen atoms in total. The molecule has 0 saturated heterocycles. The van der Waals surface area contributed by atoms with Crippen LogP contribution in [0.25, 0.3) is 0 Å². The minimum absolute atomic E-state index is 0.145. The zero-order valence-electron chi connectivity index (χ0n) is 10.4. The van der Waals surface area contributed by atoms with Crippen LogP contribution in [0.15, 0.2) is 36.4 Å². The number of nitro benzene ring substituents is 1. The molecular formula is C13H19N2O2+. The van der Waals surface area contributed by atoms with E-state index >= 15 is 0 Å². The molecule has 1 unspecified atom stereocenters. The maximum Gasteiger partial charge on any atom is 0.269 e. The summed E-state index contributed by atoms with van der Waals surface area (Å²) in [6, 6.07) is 6.77. The van der Waals surface area contributed by atoms with Crippen LogP contribution in [0.4, 0.5) is 5.69 Å². The Balaban J connectivity index is 2.67. The zero-order valence-corrected chi connectivity index (χ0v) is 10.4. The van der Waals surface area contributed by atoms with Crippen LogP contribution in [0.5, 0.6) is 0 Å². The lowest BCUT2D eigenvalue weighted by atomic mass is 10.2. The van der Waals surface area contributed by atoms with Crippen LogP contribution in [-0.2, 0) is 6.54 Å². The van der Waals surface area contributed by atoms with Gasteiger partial charge < -0.3 is 4.90 Å². The van der Waals surface area contributed by atoms with E-state index in [0.29, 0.717) is 0 Å². The van der Waals surface area contributed by atoms with E-state index in [-0.39, 0.29) is 10.6 Å². The van der Waals surface area contributed by atoms with E-state index in [1.807, 2.05) is 19.1 Å². The fraction of sp³-hybridized carbons (Fsp3) is 0.385. The van der Waals surface area contributed by atoms with E-state index in [1.54, 1.807) is 12.1 Å². The van der Waals surface area contributed by atoms with Crippen molar-refractivity contribution in [3.8, 4) is 0 Å². The van der Waals surface area contributed by atoms with Crippen LogP contribution in [-0.4, -0.2) is 18.0 Å². The lowest BCUT2D eigenvalue weighted by molar-refractivity contribution is -0.907. The third kappa shape index (κ3) is 4.36. The molecule has 1 aromatic rings. The van der Waals surface area contributed by atoms with E-state index in [1.165, 1.54) is 4.90 Å². The normalized spacial score (nSPS) is 12.1. The number of hydrogen-bond donors (Lipinski definition) is 1. The van der Waals surface area contributed by atoms with Crippen molar-refractivity contribution in [3.63, 3.8) is 0 Å². The molecule has 17 heavy (non-hydrogen) atoms. The number of likely N-dealkylation sites (N-methyl/N-ethyl adjacent to an activating group) is 1. The molecule has 0 fully saturated rings. The summed E-state index contributed by atoms with van der Waals surface area (Å²) in [6.45, 7) is 10.9. The monoisotopic (exact) mass is 235 g/mol. The number of nitrogens with zero attached hydrogens (tertiary/aromatic N) is 1. The van der Waals surface area contributed by atoms with Crippen molar-refractivity contribution < 1.29 is 9.82 Å². The average Bonchev–Trinajstić information content (AvgIpc) is 2.28. The number of hydrogen-bond acceptors (Lipinski definition) is 2. The maximum atomic E-state index is 10.5. The largest absolute Gasteiger partial charge is 0.328 e. The highest BCUT2D eigenvalue weighted by atomic mass is 16.6. The summed E-state index contributed by atoms with van der Waals surface area (Å²) in [5, 5.41) is 10.5. The van der Waals surface area contributed by atoms with E-state index in [4.69, 9.17) is 0 Å². The van der Waals surface area contributed by atoms with E-state index < -0.39 is 0 Å². The number of non-ortho nitro benzene ring substituents is 1. The van der Waals surface area contributed by atoms with Gasteiger partial charge in [0.05, 0.1) is 18.0 Å². The van der Waals surface area contributed by atoms with Crippen LogP contribution < -0.4 is 4.90 Å². The molecule has 1 N–H and O–H groups in total. The number of benzene rings is 1. The smallest absolute Gasteiger partial charge is 0.269 e. The van der Waals surface area contributed by atoms with Gasteiger partial charge in [0.1, 0.15) is 6.54 Å². The van der Waals surface area contributed by atoms with E-state index in [9.17, 15) is 10.1 Å². The lowest BCUT2D eigenvalue weighted by Crippen LogP contribution is -3.10. The van der Waals surface area contributed by atoms with Crippen LogP contribution in [0, 0.1) is 10.1 Å². The molecule has 0 aliphatic rings. The van der Waals surface area contributed by atoms with Gasteiger partial charge in [-0.2, -0.15) is 0 Å². The highest BCUT2D eigenvalue weighted by Crippen LogP contribution is 2.11. The van der Waals surface area contributed by atoms with Crippen molar-refractivity contribution in [2.45, 2.75) is 20.4 Å². The summed E-state index contributed by atoms with van der Waals surface area (Å²) < 4.78 is 0. The van der Waals surface area contributed by atoms with Crippen molar-refractivity contribution in [2.24, 2.45) is 0 Å². The van der Waals surface area contributed by atoms with E-state index in [0.717, 1.165) is 30.8 Å². The maximum absolute atomic E-state index is 10.5. The quantitative estimate of drug-likeness (QED) is 0.462. The number of nitro groups is 1. The Labute approximate surface area is 102 Å². The molecule has 0 aromatic heterocycles. The fourth-order valence-corrected chi connectivity index (χ4v) is 1.76. The minimum atomic E-state index is -0.373. The first-order chi connectivity index (χ1) is 8.02. The molecule has 1 rings (SSSR count). The van der Waals surface area contributed by atoms with Gasteiger partial charge in [-0.05, 0) is 31.6 Å². The van der Waals surface area contributed by atoms with Crippen molar-refractivity contribution >= 4 is 5.69 Å². The minimum Gasteiger partial charge on any atom is -0.328 e. The van der Waals surface area contributed by atoms with Crippen molar-refractivity contribution in [3.05, 3.63) is 52.1 Å². The second-order valence-corrected chi connectivity index (χ2v) is 4.34. The molecule has 4 heteroatoms. The number of nitrogens with one attached hydrogen (secondary N) is 1.